The van der Waals surface area contributed by atoms with Crippen molar-refractivity contribution in [3.05, 3.63) is 78.9 Å². The van der Waals surface area contributed by atoms with E-state index < -0.39 is 40.7 Å². The molecule has 1 saturated heterocycles. The molecule has 0 spiro atoms. The van der Waals surface area contributed by atoms with E-state index in [1.54, 1.807) is 6.92 Å². The second kappa shape index (κ2) is 9.36. The zero-order chi connectivity index (χ0) is 24.9. The molecule has 3 heterocycles. The average Bonchev–Trinajstić information content (AvgIpc) is 3.27. The highest BCUT2D eigenvalue weighted by Crippen LogP contribution is 2.53. The molecule has 2 aliphatic heterocycles. The molecular formula is C24H18BrFN2O5S2. The molecule has 2 aromatic carbocycles. The van der Waals surface area contributed by atoms with E-state index in [0.717, 1.165) is 38.0 Å². The van der Waals surface area contributed by atoms with E-state index in [2.05, 4.69) is 15.9 Å². The van der Waals surface area contributed by atoms with Gasteiger partial charge in [0, 0.05) is 15.3 Å². The number of anilines is 1. The Balaban J connectivity index is 1.64. The first kappa shape index (κ1) is 24.0. The number of carbonyl (C=O) groups excluding carboxylic acids is 3. The van der Waals surface area contributed by atoms with E-state index in [-0.39, 0.29) is 18.0 Å². The van der Waals surface area contributed by atoms with Gasteiger partial charge in [0.1, 0.15) is 17.6 Å². The number of aromatic nitrogens is 1. The summed E-state index contributed by atoms with van der Waals surface area (Å²) in [5, 5.41) is -0.319. The van der Waals surface area contributed by atoms with Gasteiger partial charge < -0.3 is 4.74 Å². The number of carbonyl (C=O) groups is 3. The Bertz CT molecular complexity index is 1390. The second-order valence-corrected chi connectivity index (χ2v) is 11.0. The number of benzene rings is 2. The first-order valence-corrected chi connectivity index (χ1v) is 13.2. The Kier molecular flexibility index (Phi) is 6.41. The molecule has 1 fully saturated rings. The lowest BCUT2D eigenvalue weighted by molar-refractivity contribution is -0.144. The Morgan fingerprint density at radius 1 is 1.06 bits per heavy atom. The topological polar surface area (TPSA) is 85.7 Å². The van der Waals surface area contributed by atoms with Crippen molar-refractivity contribution in [1.29, 1.82) is 0 Å². The van der Waals surface area contributed by atoms with Crippen LogP contribution in [0.3, 0.4) is 0 Å². The molecule has 2 amide bonds. The predicted molar refractivity (Wildman–Crippen MR) is 133 cm³/mol. The zero-order valence-corrected chi connectivity index (χ0v) is 21.5. The Morgan fingerprint density at radius 3 is 2.40 bits per heavy atom. The molecule has 5 rings (SSSR count). The van der Waals surface area contributed by atoms with Gasteiger partial charge in [0.15, 0.2) is 0 Å². The van der Waals surface area contributed by atoms with Gasteiger partial charge in [-0.2, -0.15) is 0 Å². The van der Waals surface area contributed by atoms with Crippen LogP contribution in [0, 0.1) is 11.7 Å². The van der Waals surface area contributed by atoms with Crippen LogP contribution in [-0.2, 0) is 25.7 Å². The third-order valence-corrected chi connectivity index (χ3v) is 9.09. The summed E-state index contributed by atoms with van der Waals surface area (Å²) in [5.74, 6) is -3.20. The van der Waals surface area contributed by atoms with Crippen molar-refractivity contribution < 1.29 is 23.5 Å². The summed E-state index contributed by atoms with van der Waals surface area (Å²) in [7, 11) is 0. The van der Waals surface area contributed by atoms with Crippen LogP contribution in [0.2, 0.25) is 0 Å². The van der Waals surface area contributed by atoms with Crippen LogP contribution in [0.25, 0.3) is 0 Å². The molecule has 3 aromatic rings. The second-order valence-electron chi connectivity index (χ2n) is 8.01. The predicted octanol–water partition coefficient (Wildman–Crippen LogP) is 4.17. The number of hydrogen-bond acceptors (Lipinski definition) is 7. The van der Waals surface area contributed by atoms with Crippen LogP contribution >= 0.6 is 39.0 Å². The van der Waals surface area contributed by atoms with Crippen molar-refractivity contribution in [1.82, 2.24) is 4.57 Å². The Morgan fingerprint density at radius 2 is 1.74 bits per heavy atom. The first-order valence-electron chi connectivity index (χ1n) is 10.7. The van der Waals surface area contributed by atoms with Gasteiger partial charge in [-0.1, -0.05) is 51.2 Å². The summed E-state index contributed by atoms with van der Waals surface area (Å²) in [6.45, 7) is 1.58. The number of thiazole rings is 1. The van der Waals surface area contributed by atoms with Crippen molar-refractivity contribution in [2.45, 2.75) is 29.7 Å². The molecule has 3 atom stereocenters. The minimum absolute atomic E-state index is 0.179. The van der Waals surface area contributed by atoms with E-state index in [9.17, 15) is 23.6 Å². The van der Waals surface area contributed by atoms with Crippen molar-refractivity contribution in [2.75, 3.05) is 11.5 Å². The van der Waals surface area contributed by atoms with Crippen molar-refractivity contribution in [2.24, 2.45) is 5.92 Å². The molecule has 0 saturated carbocycles. The number of ether oxygens (including phenoxy) is 1. The zero-order valence-electron chi connectivity index (χ0n) is 18.3. The molecule has 11 heteroatoms. The number of halogens is 2. The molecule has 7 nitrogen and oxygen atoms in total. The van der Waals surface area contributed by atoms with Gasteiger partial charge in [0.05, 0.1) is 23.2 Å². The van der Waals surface area contributed by atoms with Gasteiger partial charge in [-0.3, -0.25) is 23.7 Å². The summed E-state index contributed by atoms with van der Waals surface area (Å²) in [5.41, 5.74) is 1.06. The SMILES string of the molecule is CCOC(=O)Cn1c2c(sc1=O)[C@@H](c1ccc(Br)cc1)[C@@H]1C(=O)N(c3ccc(F)cc3)C(=O)[C@@H]1S2. The minimum Gasteiger partial charge on any atom is -0.465 e. The van der Waals surface area contributed by atoms with Gasteiger partial charge in [0.25, 0.3) is 0 Å². The van der Waals surface area contributed by atoms with E-state index in [4.69, 9.17) is 4.74 Å². The minimum atomic E-state index is -0.809. The summed E-state index contributed by atoms with van der Waals surface area (Å²) in [6.07, 6.45) is 0. The van der Waals surface area contributed by atoms with Crippen LogP contribution in [0.5, 0.6) is 0 Å². The number of hydrogen-bond donors (Lipinski definition) is 0. The summed E-state index contributed by atoms with van der Waals surface area (Å²) >= 11 is 5.51. The van der Waals surface area contributed by atoms with Crippen LogP contribution < -0.4 is 9.77 Å². The van der Waals surface area contributed by atoms with Gasteiger partial charge in [-0.25, -0.2) is 9.29 Å². The standard InChI is InChI=1S/C24H18BrFN2O5S2/c1-2-33-16(29)11-27-23-20(35-24(27)32)17(12-3-5-13(25)6-4-12)18-19(34-23)22(31)28(21(18)30)15-9-7-14(26)8-10-15/h3-10,17-19H,2,11H2,1H3/t17-,18-,19+/m0/s1. The first-order chi connectivity index (χ1) is 16.8. The number of amides is 2. The normalized spacial score (nSPS) is 21.1. The lowest BCUT2D eigenvalue weighted by Gasteiger charge is -2.30. The van der Waals surface area contributed by atoms with Gasteiger partial charge >= 0.3 is 10.8 Å². The number of fused-ring (bicyclic) bond motifs is 2. The molecule has 35 heavy (non-hydrogen) atoms. The highest BCUT2D eigenvalue weighted by molar-refractivity contribution is 9.10. The molecule has 0 radical (unpaired) electrons. The fourth-order valence-corrected chi connectivity index (χ4v) is 7.50. The van der Waals surface area contributed by atoms with Crippen molar-refractivity contribution >= 4 is 62.5 Å². The fraction of sp³-hybridized carbons (Fsp3) is 0.250. The maximum Gasteiger partial charge on any atom is 0.326 e. The third kappa shape index (κ3) is 4.15. The van der Waals surface area contributed by atoms with Crippen LogP contribution in [0.15, 0.2) is 62.8 Å². The smallest absolute Gasteiger partial charge is 0.326 e. The highest BCUT2D eigenvalue weighted by atomic mass is 79.9. The Labute approximate surface area is 216 Å². The number of rotatable bonds is 5. The van der Waals surface area contributed by atoms with Crippen LogP contribution in [0.1, 0.15) is 23.3 Å². The average molecular weight is 577 g/mol. The highest BCUT2D eigenvalue weighted by Gasteiger charge is 2.56. The molecule has 0 N–H and O–H groups in total. The number of nitrogens with zero attached hydrogens (tertiary/aromatic N) is 2. The maximum absolute atomic E-state index is 13.7. The lowest BCUT2D eigenvalue weighted by atomic mass is 9.83. The summed E-state index contributed by atoms with van der Waals surface area (Å²) in [4.78, 5) is 53.7. The Hall–Kier alpha value is -2.76. The third-order valence-electron chi connectivity index (χ3n) is 5.96. The molecule has 0 bridgehead atoms. The summed E-state index contributed by atoms with van der Waals surface area (Å²) < 4.78 is 20.7. The summed E-state index contributed by atoms with van der Waals surface area (Å²) in [6, 6.07) is 12.6. The molecular weight excluding hydrogens is 559 g/mol. The van der Waals surface area contributed by atoms with Gasteiger partial charge in [0.2, 0.25) is 11.8 Å². The van der Waals surface area contributed by atoms with E-state index >= 15 is 0 Å². The number of imide groups is 1. The fourth-order valence-electron chi connectivity index (χ4n) is 4.46. The lowest BCUT2D eigenvalue weighted by Crippen LogP contribution is -2.32. The van der Waals surface area contributed by atoms with E-state index in [1.807, 2.05) is 24.3 Å². The molecule has 1 aromatic heterocycles. The van der Waals surface area contributed by atoms with Crippen molar-refractivity contribution in [3.63, 3.8) is 0 Å². The van der Waals surface area contributed by atoms with Crippen LogP contribution in [0.4, 0.5) is 10.1 Å². The van der Waals surface area contributed by atoms with Crippen molar-refractivity contribution in [3.8, 4) is 0 Å². The quantitative estimate of drug-likeness (QED) is 0.335. The largest absolute Gasteiger partial charge is 0.465 e. The van der Waals surface area contributed by atoms with Gasteiger partial charge in [-0.05, 0) is 48.9 Å². The monoisotopic (exact) mass is 576 g/mol. The number of thioether (sulfide) groups is 1. The number of esters is 1. The molecule has 0 aliphatic carbocycles. The molecule has 180 valence electrons. The molecule has 2 aliphatic rings. The van der Waals surface area contributed by atoms with Crippen LogP contribution in [-0.4, -0.2) is 34.2 Å². The van der Waals surface area contributed by atoms with Gasteiger partial charge in [-0.15, -0.1) is 0 Å². The maximum atomic E-state index is 13.7. The van der Waals surface area contributed by atoms with E-state index in [0.29, 0.717) is 15.6 Å². The van der Waals surface area contributed by atoms with E-state index in [1.165, 1.54) is 28.8 Å². The molecule has 0 unspecified atom stereocenters.